The molecular formula is C29H31ClF3NO3. The smallest absolute Gasteiger partial charge is 0.417 e. The van der Waals surface area contributed by atoms with Crippen LogP contribution in [-0.2, 0) is 23.9 Å². The average Bonchev–Trinajstić information content (AvgIpc) is 2.85. The Labute approximate surface area is 220 Å². The second-order valence-corrected chi connectivity index (χ2v) is 9.33. The van der Waals surface area contributed by atoms with Crippen LogP contribution >= 0.6 is 11.6 Å². The van der Waals surface area contributed by atoms with Crippen LogP contribution in [0.2, 0.25) is 5.02 Å². The molecule has 0 aliphatic carbocycles. The van der Waals surface area contributed by atoms with E-state index in [2.05, 4.69) is 24.0 Å². The molecule has 0 heterocycles. The van der Waals surface area contributed by atoms with Gasteiger partial charge in [0.15, 0.2) is 0 Å². The Morgan fingerprint density at radius 3 is 2.46 bits per heavy atom. The van der Waals surface area contributed by atoms with Gasteiger partial charge >= 0.3 is 12.1 Å². The van der Waals surface area contributed by atoms with Gasteiger partial charge in [-0.25, -0.2) is 0 Å². The van der Waals surface area contributed by atoms with Crippen LogP contribution in [0.1, 0.15) is 47.9 Å². The molecule has 0 amide bonds. The lowest BCUT2D eigenvalue weighted by Crippen LogP contribution is -2.30. The van der Waals surface area contributed by atoms with Gasteiger partial charge in [-0.2, -0.15) is 13.2 Å². The van der Waals surface area contributed by atoms with E-state index in [-0.39, 0.29) is 23.9 Å². The van der Waals surface area contributed by atoms with Crippen molar-refractivity contribution in [2.24, 2.45) is 0 Å². The molecule has 1 N–H and O–H groups in total. The third kappa shape index (κ3) is 8.79. The topological polar surface area (TPSA) is 49.8 Å². The van der Waals surface area contributed by atoms with E-state index in [1.165, 1.54) is 11.6 Å². The van der Waals surface area contributed by atoms with Crippen molar-refractivity contribution in [3.63, 3.8) is 0 Å². The highest BCUT2D eigenvalue weighted by atomic mass is 35.5. The molecule has 0 aliphatic heterocycles. The molecule has 0 bridgehead atoms. The van der Waals surface area contributed by atoms with Gasteiger partial charge in [0.25, 0.3) is 0 Å². The molecule has 0 fully saturated rings. The second kappa shape index (κ2) is 13.5. The minimum Gasteiger partial charge on any atom is -0.494 e. The Morgan fingerprint density at radius 1 is 1.05 bits per heavy atom. The molecule has 198 valence electrons. The van der Waals surface area contributed by atoms with Crippen LogP contribution in [0.3, 0.4) is 0 Å². The molecule has 3 aromatic rings. The number of hydrogen-bond acceptors (Lipinski definition) is 3. The number of alkyl halides is 3. The molecule has 8 heteroatoms. The predicted molar refractivity (Wildman–Crippen MR) is 139 cm³/mol. The lowest BCUT2D eigenvalue weighted by molar-refractivity contribution is -0.138. The fraction of sp³-hybridized carbons (Fsp3) is 0.345. The van der Waals surface area contributed by atoms with Gasteiger partial charge in [0.2, 0.25) is 0 Å². The van der Waals surface area contributed by atoms with E-state index >= 15 is 0 Å². The Balaban J connectivity index is 1.71. The summed E-state index contributed by atoms with van der Waals surface area (Å²) in [6.07, 6.45) is -3.09. The van der Waals surface area contributed by atoms with E-state index in [0.717, 1.165) is 12.5 Å². The normalized spacial score (nSPS) is 12.5. The highest BCUT2D eigenvalue weighted by molar-refractivity contribution is 6.32. The van der Waals surface area contributed by atoms with Gasteiger partial charge in [0, 0.05) is 19.6 Å². The Morgan fingerprint density at radius 2 is 1.78 bits per heavy atom. The van der Waals surface area contributed by atoms with E-state index in [4.69, 9.17) is 21.4 Å². The van der Waals surface area contributed by atoms with Crippen LogP contribution in [0.5, 0.6) is 5.75 Å². The molecule has 0 unspecified atom stereocenters. The number of carboxylic acid groups (broad SMARTS) is 1. The SMILES string of the molecule is CC[C@H](CN(CCCOc1cccc(CC(=O)O)c1)Cc1cccc(C(F)(F)F)c1Cl)c1ccccc1. The van der Waals surface area contributed by atoms with Gasteiger partial charge in [0.1, 0.15) is 5.75 Å². The zero-order valence-corrected chi connectivity index (χ0v) is 21.4. The summed E-state index contributed by atoms with van der Waals surface area (Å²) < 4.78 is 46.1. The van der Waals surface area contributed by atoms with Gasteiger partial charge in [0.05, 0.1) is 23.6 Å². The number of hydrogen-bond donors (Lipinski definition) is 1. The lowest BCUT2D eigenvalue weighted by Gasteiger charge is -2.28. The first-order chi connectivity index (χ1) is 17.7. The standard InChI is InChI=1S/C29H31ClF3NO3/c1-2-22(23-10-4-3-5-11-23)19-34(20-24-12-7-14-26(28(24)30)29(31,32)33)15-8-16-37-25-13-6-9-21(17-25)18-27(35)36/h3-7,9-14,17,22H,2,8,15-16,18-20H2,1H3,(H,35,36)/t22-/m1/s1. The first kappa shape index (κ1) is 28.5. The van der Waals surface area contributed by atoms with Crippen molar-refractivity contribution in [2.75, 3.05) is 19.7 Å². The van der Waals surface area contributed by atoms with Crippen molar-refractivity contribution in [1.82, 2.24) is 4.90 Å². The Hall–Kier alpha value is -3.03. The summed E-state index contributed by atoms with van der Waals surface area (Å²) in [5, 5.41) is 8.73. The second-order valence-electron chi connectivity index (χ2n) is 8.95. The monoisotopic (exact) mass is 533 g/mol. The maximum Gasteiger partial charge on any atom is 0.417 e. The fourth-order valence-corrected chi connectivity index (χ4v) is 4.59. The molecule has 0 saturated carbocycles. The summed E-state index contributed by atoms with van der Waals surface area (Å²) in [4.78, 5) is 13.1. The number of ether oxygens (including phenoxy) is 1. The summed E-state index contributed by atoms with van der Waals surface area (Å²) in [6, 6.07) is 21.1. The Kier molecular flexibility index (Phi) is 10.4. The molecule has 37 heavy (non-hydrogen) atoms. The first-order valence-corrected chi connectivity index (χ1v) is 12.6. The van der Waals surface area contributed by atoms with Crippen molar-refractivity contribution >= 4 is 17.6 Å². The van der Waals surface area contributed by atoms with Crippen molar-refractivity contribution in [1.29, 1.82) is 0 Å². The molecule has 0 spiro atoms. The molecule has 3 aromatic carbocycles. The summed E-state index contributed by atoms with van der Waals surface area (Å²) in [5.74, 6) is -0.119. The molecular weight excluding hydrogens is 503 g/mol. The average molecular weight is 534 g/mol. The molecule has 1 atom stereocenters. The molecule has 0 aromatic heterocycles. The quantitative estimate of drug-likeness (QED) is 0.232. The maximum absolute atomic E-state index is 13.4. The van der Waals surface area contributed by atoms with E-state index in [0.29, 0.717) is 43.0 Å². The summed E-state index contributed by atoms with van der Waals surface area (Å²) in [7, 11) is 0. The summed E-state index contributed by atoms with van der Waals surface area (Å²) in [5.41, 5.74) is 1.43. The largest absolute Gasteiger partial charge is 0.494 e. The lowest BCUT2D eigenvalue weighted by atomic mass is 9.95. The van der Waals surface area contributed by atoms with Crippen molar-refractivity contribution in [3.8, 4) is 5.75 Å². The highest BCUT2D eigenvalue weighted by Gasteiger charge is 2.34. The Bertz CT molecular complexity index is 1150. The third-order valence-corrected chi connectivity index (χ3v) is 6.61. The number of rotatable bonds is 13. The first-order valence-electron chi connectivity index (χ1n) is 12.2. The zero-order chi connectivity index (χ0) is 26.8. The maximum atomic E-state index is 13.4. The number of halogens is 4. The van der Waals surface area contributed by atoms with Gasteiger partial charge in [-0.05, 0) is 53.6 Å². The number of aliphatic carboxylic acids is 1. The predicted octanol–water partition coefficient (Wildman–Crippen LogP) is 7.45. The number of benzene rings is 3. The van der Waals surface area contributed by atoms with E-state index in [9.17, 15) is 18.0 Å². The van der Waals surface area contributed by atoms with Crippen LogP contribution in [0.15, 0.2) is 72.8 Å². The van der Waals surface area contributed by atoms with Crippen molar-refractivity contribution in [2.45, 2.75) is 44.8 Å². The number of nitrogens with zero attached hydrogens (tertiary/aromatic N) is 1. The van der Waals surface area contributed by atoms with Crippen LogP contribution < -0.4 is 4.74 Å². The molecule has 0 aliphatic rings. The summed E-state index contributed by atoms with van der Waals surface area (Å²) in [6.45, 7) is 4.00. The van der Waals surface area contributed by atoms with Crippen LogP contribution in [0, 0.1) is 0 Å². The highest BCUT2D eigenvalue weighted by Crippen LogP contribution is 2.36. The fourth-order valence-electron chi connectivity index (χ4n) is 4.30. The van der Waals surface area contributed by atoms with Gasteiger partial charge < -0.3 is 9.84 Å². The minimum atomic E-state index is -4.52. The molecule has 4 nitrogen and oxygen atoms in total. The molecule has 3 rings (SSSR count). The van der Waals surface area contributed by atoms with Gasteiger partial charge in [-0.15, -0.1) is 0 Å². The van der Waals surface area contributed by atoms with Crippen LogP contribution in [0.25, 0.3) is 0 Å². The van der Waals surface area contributed by atoms with Crippen molar-refractivity contribution in [3.05, 3.63) is 100 Å². The van der Waals surface area contributed by atoms with Gasteiger partial charge in [-0.1, -0.05) is 73.1 Å². The van der Waals surface area contributed by atoms with Gasteiger partial charge in [-0.3, -0.25) is 9.69 Å². The van der Waals surface area contributed by atoms with Crippen LogP contribution in [-0.4, -0.2) is 35.7 Å². The molecule has 0 radical (unpaired) electrons. The minimum absolute atomic E-state index is 0.0827. The van der Waals surface area contributed by atoms with E-state index in [1.54, 1.807) is 30.3 Å². The summed E-state index contributed by atoms with van der Waals surface area (Å²) >= 11 is 6.20. The van der Waals surface area contributed by atoms with E-state index < -0.39 is 17.7 Å². The van der Waals surface area contributed by atoms with E-state index in [1.807, 2.05) is 18.2 Å². The third-order valence-electron chi connectivity index (χ3n) is 6.16. The van der Waals surface area contributed by atoms with Crippen LogP contribution in [0.4, 0.5) is 13.2 Å². The van der Waals surface area contributed by atoms with Crippen molar-refractivity contribution < 1.29 is 27.8 Å². The zero-order valence-electron chi connectivity index (χ0n) is 20.7. The number of carbonyl (C=O) groups is 1. The molecule has 0 saturated heterocycles. The number of carboxylic acids is 1.